The zero-order chi connectivity index (χ0) is 24.9. The second-order valence-electron chi connectivity index (χ2n) is 8.44. The maximum absolute atomic E-state index is 12.8. The molecule has 9 nitrogen and oxygen atoms in total. The van der Waals surface area contributed by atoms with E-state index in [2.05, 4.69) is 15.4 Å². The van der Waals surface area contributed by atoms with E-state index in [-0.39, 0.29) is 28.7 Å². The van der Waals surface area contributed by atoms with Crippen LogP contribution < -0.4 is 15.4 Å². The quantitative estimate of drug-likeness (QED) is 0.552. The largest absolute Gasteiger partial charge is 0.349 e. The Kier molecular flexibility index (Phi) is 8.06. The van der Waals surface area contributed by atoms with Gasteiger partial charge in [0.1, 0.15) is 0 Å². The maximum atomic E-state index is 12.8. The summed E-state index contributed by atoms with van der Waals surface area (Å²) >= 11 is 0. The summed E-state index contributed by atoms with van der Waals surface area (Å²) in [4.78, 5) is 38.1. The minimum Gasteiger partial charge on any atom is -0.349 e. The van der Waals surface area contributed by atoms with E-state index in [0.717, 1.165) is 5.56 Å². The van der Waals surface area contributed by atoms with Gasteiger partial charge in [0.15, 0.2) is 0 Å². The Morgan fingerprint density at radius 3 is 2.21 bits per heavy atom. The van der Waals surface area contributed by atoms with Crippen LogP contribution in [0, 0.1) is 6.92 Å². The Labute approximate surface area is 200 Å². The van der Waals surface area contributed by atoms with E-state index < -0.39 is 16.1 Å². The number of hydrogen-bond acceptors (Lipinski definition) is 5. The molecule has 3 rings (SSSR count). The molecule has 0 saturated carbocycles. The summed E-state index contributed by atoms with van der Waals surface area (Å²) in [7, 11) is -3.92. The van der Waals surface area contributed by atoms with E-state index in [9.17, 15) is 22.8 Å². The van der Waals surface area contributed by atoms with Crippen molar-refractivity contribution in [2.24, 2.45) is 0 Å². The summed E-state index contributed by atoms with van der Waals surface area (Å²) in [6.07, 6.45) is 1.18. The second-order valence-corrected chi connectivity index (χ2v) is 10.2. The van der Waals surface area contributed by atoms with Crippen LogP contribution in [-0.2, 0) is 19.6 Å². The molecule has 1 fully saturated rings. The van der Waals surface area contributed by atoms with Gasteiger partial charge < -0.3 is 15.5 Å². The summed E-state index contributed by atoms with van der Waals surface area (Å²) in [6, 6.07) is 12.1. The Hall–Kier alpha value is -3.24. The molecule has 3 N–H and O–H groups in total. The lowest BCUT2D eigenvalue weighted by atomic mass is 10.0. The summed E-state index contributed by atoms with van der Waals surface area (Å²) in [5.41, 5.74) is 2.01. The van der Waals surface area contributed by atoms with Gasteiger partial charge in [0.25, 0.3) is 5.91 Å². The molecule has 2 aromatic rings. The molecule has 1 aliphatic rings. The second kappa shape index (κ2) is 10.8. The smallest absolute Gasteiger partial charge is 0.251 e. The number of aryl methyl sites for hydroxylation is 1. The fourth-order valence-corrected chi connectivity index (χ4v) is 5.08. The molecule has 1 heterocycles. The van der Waals surface area contributed by atoms with Gasteiger partial charge in [-0.15, -0.1) is 0 Å². The number of nitrogens with one attached hydrogen (secondary N) is 3. The highest BCUT2D eigenvalue weighted by Crippen LogP contribution is 2.17. The number of amides is 3. The molecule has 0 aromatic heterocycles. The normalized spacial score (nSPS) is 15.4. The monoisotopic (exact) mass is 486 g/mol. The maximum Gasteiger partial charge on any atom is 0.251 e. The highest BCUT2D eigenvalue weighted by molar-refractivity contribution is 7.89. The molecule has 1 aliphatic heterocycles. The van der Waals surface area contributed by atoms with Crippen molar-refractivity contribution in [1.82, 2.24) is 14.9 Å². The third-order valence-electron chi connectivity index (χ3n) is 5.72. The van der Waals surface area contributed by atoms with Crippen LogP contribution in [0.15, 0.2) is 53.4 Å². The van der Waals surface area contributed by atoms with Crippen LogP contribution in [0.2, 0.25) is 0 Å². The predicted molar refractivity (Wildman–Crippen MR) is 129 cm³/mol. The molecule has 0 bridgehead atoms. The van der Waals surface area contributed by atoms with Crippen molar-refractivity contribution in [1.29, 1.82) is 0 Å². The van der Waals surface area contributed by atoms with Crippen LogP contribution in [0.1, 0.15) is 42.6 Å². The van der Waals surface area contributed by atoms with Gasteiger partial charge in [0.2, 0.25) is 21.8 Å². The molecule has 0 spiro atoms. The van der Waals surface area contributed by atoms with Crippen molar-refractivity contribution in [3.05, 3.63) is 59.7 Å². The number of rotatable bonds is 7. The first-order valence-electron chi connectivity index (χ1n) is 11.1. The van der Waals surface area contributed by atoms with E-state index in [4.69, 9.17) is 0 Å². The number of nitrogens with zero attached hydrogens (tertiary/aromatic N) is 1. The van der Waals surface area contributed by atoms with Gasteiger partial charge in [0.05, 0.1) is 10.9 Å². The van der Waals surface area contributed by atoms with Crippen molar-refractivity contribution in [2.75, 3.05) is 18.4 Å². The number of hydrogen-bond donors (Lipinski definition) is 3. The molecule has 0 radical (unpaired) electrons. The van der Waals surface area contributed by atoms with Crippen LogP contribution in [0.4, 0.5) is 5.69 Å². The number of carbonyl (C=O) groups excluding carboxylic acids is 3. The SMILES string of the molecule is CC(=O)Nc1ccc(S(=O)(=O)N[C@@H](C)C(=O)N2CCC(NC(=O)c3ccccc3C)CC2)cc1. The van der Waals surface area contributed by atoms with Gasteiger partial charge in [-0.2, -0.15) is 4.72 Å². The zero-order valence-electron chi connectivity index (χ0n) is 19.5. The number of benzene rings is 2. The lowest BCUT2D eigenvalue weighted by Gasteiger charge is -2.34. The first kappa shape index (κ1) is 25.4. The molecular formula is C24H30N4O5S. The number of sulfonamides is 1. The fourth-order valence-electron chi connectivity index (χ4n) is 3.88. The number of piperidine rings is 1. The third kappa shape index (κ3) is 6.42. The Morgan fingerprint density at radius 2 is 1.62 bits per heavy atom. The minimum atomic E-state index is -3.92. The molecule has 34 heavy (non-hydrogen) atoms. The van der Waals surface area contributed by atoms with E-state index in [1.807, 2.05) is 25.1 Å². The van der Waals surface area contributed by atoms with E-state index in [1.165, 1.54) is 38.1 Å². The highest BCUT2D eigenvalue weighted by Gasteiger charge is 2.29. The topological polar surface area (TPSA) is 125 Å². The average Bonchev–Trinajstić information content (AvgIpc) is 2.79. The molecule has 2 aromatic carbocycles. The summed E-state index contributed by atoms with van der Waals surface area (Å²) in [5.74, 6) is -0.706. The van der Waals surface area contributed by atoms with Gasteiger partial charge in [-0.05, 0) is 62.6 Å². The van der Waals surface area contributed by atoms with Crippen LogP contribution in [0.3, 0.4) is 0 Å². The van der Waals surface area contributed by atoms with Crippen LogP contribution in [0.25, 0.3) is 0 Å². The van der Waals surface area contributed by atoms with Crippen LogP contribution >= 0.6 is 0 Å². The molecule has 0 aliphatic carbocycles. The van der Waals surface area contributed by atoms with E-state index >= 15 is 0 Å². The van der Waals surface area contributed by atoms with Gasteiger partial charge in [0, 0.05) is 37.3 Å². The fraction of sp³-hybridized carbons (Fsp3) is 0.375. The Morgan fingerprint density at radius 1 is 1.00 bits per heavy atom. The minimum absolute atomic E-state index is 0.00104. The summed E-state index contributed by atoms with van der Waals surface area (Å²) < 4.78 is 27.8. The van der Waals surface area contributed by atoms with Gasteiger partial charge in [-0.1, -0.05) is 18.2 Å². The molecular weight excluding hydrogens is 456 g/mol. The molecule has 182 valence electrons. The Balaban J connectivity index is 1.52. The van der Waals surface area contributed by atoms with Crippen LogP contribution in [0.5, 0.6) is 0 Å². The molecule has 1 saturated heterocycles. The highest BCUT2D eigenvalue weighted by atomic mass is 32.2. The van der Waals surface area contributed by atoms with Crippen molar-refractivity contribution >= 4 is 33.4 Å². The van der Waals surface area contributed by atoms with E-state index in [1.54, 1.807) is 11.0 Å². The number of carbonyl (C=O) groups is 3. The average molecular weight is 487 g/mol. The standard InChI is InChI=1S/C24H30N4O5S/c1-16-6-4-5-7-22(16)23(30)26-20-12-14-28(15-13-20)24(31)17(2)27-34(32,33)21-10-8-19(9-11-21)25-18(3)29/h4-11,17,20,27H,12-15H2,1-3H3,(H,25,29)(H,26,30)/t17-/m0/s1. The molecule has 0 unspecified atom stereocenters. The number of likely N-dealkylation sites (tertiary alicyclic amines) is 1. The lowest BCUT2D eigenvalue weighted by Crippen LogP contribution is -2.52. The van der Waals surface area contributed by atoms with Crippen molar-refractivity contribution in [2.45, 2.75) is 50.6 Å². The van der Waals surface area contributed by atoms with Crippen molar-refractivity contribution in [3.63, 3.8) is 0 Å². The molecule has 10 heteroatoms. The first-order chi connectivity index (χ1) is 16.1. The van der Waals surface area contributed by atoms with E-state index in [0.29, 0.717) is 37.2 Å². The van der Waals surface area contributed by atoms with Gasteiger partial charge in [-0.3, -0.25) is 14.4 Å². The van der Waals surface area contributed by atoms with Crippen molar-refractivity contribution < 1.29 is 22.8 Å². The Bertz CT molecular complexity index is 1160. The number of anilines is 1. The van der Waals surface area contributed by atoms with Gasteiger partial charge in [-0.25, -0.2) is 8.42 Å². The lowest BCUT2D eigenvalue weighted by molar-refractivity contribution is -0.133. The van der Waals surface area contributed by atoms with Crippen LogP contribution in [-0.4, -0.2) is 56.2 Å². The van der Waals surface area contributed by atoms with Gasteiger partial charge >= 0.3 is 0 Å². The first-order valence-corrected chi connectivity index (χ1v) is 12.6. The predicted octanol–water partition coefficient (Wildman–Crippen LogP) is 2.04. The zero-order valence-corrected chi connectivity index (χ0v) is 20.3. The summed E-state index contributed by atoms with van der Waals surface area (Å²) in [5, 5.41) is 5.60. The third-order valence-corrected chi connectivity index (χ3v) is 7.28. The van der Waals surface area contributed by atoms with Crippen molar-refractivity contribution in [3.8, 4) is 0 Å². The summed E-state index contributed by atoms with van der Waals surface area (Å²) in [6.45, 7) is 5.61. The molecule has 3 amide bonds. The molecule has 1 atom stereocenters.